The molecular weight excluding hydrogens is 246 g/mol. The molecule has 6 heteroatoms. The molecule has 1 fully saturated rings. The lowest BCUT2D eigenvalue weighted by Gasteiger charge is -2.34. The molecule has 106 valence electrons. The van der Waals surface area contributed by atoms with Gasteiger partial charge in [0.05, 0.1) is 6.10 Å². The maximum absolute atomic E-state index is 11.4. The summed E-state index contributed by atoms with van der Waals surface area (Å²) in [5.41, 5.74) is 3.04. The number of nitrogens with zero attached hydrogens (tertiary/aromatic N) is 1. The van der Waals surface area contributed by atoms with Crippen molar-refractivity contribution in [2.45, 2.75) is 32.4 Å². The first-order valence-corrected chi connectivity index (χ1v) is 6.46. The first-order chi connectivity index (χ1) is 8.99. The number of nitrogens with one attached hydrogen (secondary N) is 1. The van der Waals surface area contributed by atoms with Gasteiger partial charge in [-0.05, 0) is 38.8 Å². The summed E-state index contributed by atoms with van der Waals surface area (Å²) < 4.78 is 5.37. The van der Waals surface area contributed by atoms with Crippen LogP contribution in [-0.4, -0.2) is 35.6 Å². The zero-order chi connectivity index (χ0) is 14.0. The summed E-state index contributed by atoms with van der Waals surface area (Å²) in [7, 11) is 2.03. The first-order valence-electron chi connectivity index (χ1n) is 6.46. The molecule has 2 rings (SSSR count). The molecule has 0 unspecified atom stereocenters. The summed E-state index contributed by atoms with van der Waals surface area (Å²) in [5, 5.41) is 9.27. The highest BCUT2D eigenvalue weighted by Gasteiger charge is 2.28. The summed E-state index contributed by atoms with van der Waals surface area (Å²) in [6, 6.07) is 1.73. The van der Waals surface area contributed by atoms with E-state index in [2.05, 4.69) is 10.3 Å². The third kappa shape index (κ3) is 3.34. The van der Waals surface area contributed by atoms with Gasteiger partial charge in [-0.1, -0.05) is 0 Å². The van der Waals surface area contributed by atoms with Crippen LogP contribution in [-0.2, 0) is 6.54 Å². The number of carbonyl (C=O) groups excluding carboxylic acids is 1. The smallest absolute Gasteiger partial charge is 0.300 e. The molecule has 0 saturated heterocycles. The fraction of sp³-hybridized carbons (Fsp3) is 0.615. The normalized spacial score (nSPS) is 22.4. The van der Waals surface area contributed by atoms with E-state index in [1.165, 1.54) is 0 Å². The second-order valence-electron chi connectivity index (χ2n) is 5.35. The number of nitrogens with two attached hydrogens (primary N) is 1. The molecule has 1 saturated carbocycles. The highest BCUT2D eigenvalue weighted by Crippen LogP contribution is 2.28. The molecule has 1 aromatic heterocycles. The molecular formula is C13H21N3O3. The van der Waals surface area contributed by atoms with Crippen LogP contribution in [0.1, 0.15) is 34.7 Å². The van der Waals surface area contributed by atoms with Crippen molar-refractivity contribution in [3.8, 4) is 0 Å². The monoisotopic (exact) mass is 267 g/mol. The van der Waals surface area contributed by atoms with Gasteiger partial charge in [0.1, 0.15) is 5.76 Å². The van der Waals surface area contributed by atoms with Crippen molar-refractivity contribution in [3.63, 3.8) is 0 Å². The molecule has 0 aliphatic heterocycles. The lowest BCUT2D eigenvalue weighted by atomic mass is 9.82. The molecule has 0 radical (unpaired) electrons. The van der Waals surface area contributed by atoms with Crippen LogP contribution in [0.2, 0.25) is 0 Å². The molecule has 1 aliphatic carbocycles. The predicted octanol–water partition coefficient (Wildman–Crippen LogP) is 0.394. The molecule has 0 atom stereocenters. The molecule has 1 aromatic rings. The molecule has 19 heavy (non-hydrogen) atoms. The average Bonchev–Trinajstić information content (AvgIpc) is 2.68. The van der Waals surface area contributed by atoms with Crippen molar-refractivity contribution < 1.29 is 14.3 Å². The number of aliphatic hydroxyl groups is 1. The van der Waals surface area contributed by atoms with Gasteiger partial charge >= 0.3 is 5.91 Å². The Kier molecular flexibility index (Phi) is 4.24. The number of hydrazine groups is 1. The summed E-state index contributed by atoms with van der Waals surface area (Å²) >= 11 is 0. The summed E-state index contributed by atoms with van der Waals surface area (Å²) in [5.74, 6) is 6.20. The third-order valence-corrected chi connectivity index (χ3v) is 3.60. The van der Waals surface area contributed by atoms with E-state index in [1.54, 1.807) is 6.07 Å². The van der Waals surface area contributed by atoms with Gasteiger partial charge in [-0.2, -0.15) is 0 Å². The van der Waals surface area contributed by atoms with Gasteiger partial charge in [0.15, 0.2) is 5.76 Å². The van der Waals surface area contributed by atoms with Crippen LogP contribution in [0.5, 0.6) is 0 Å². The van der Waals surface area contributed by atoms with Crippen LogP contribution in [0.3, 0.4) is 0 Å². The second-order valence-corrected chi connectivity index (χ2v) is 5.35. The van der Waals surface area contributed by atoms with Gasteiger partial charge in [-0.25, -0.2) is 5.84 Å². The van der Waals surface area contributed by atoms with Gasteiger partial charge in [-0.15, -0.1) is 0 Å². The van der Waals surface area contributed by atoms with Crippen LogP contribution < -0.4 is 11.3 Å². The SMILES string of the molecule is Cc1oc(C(=O)NN)cc1CN(C)CC1CC(O)C1. The molecule has 0 bridgehead atoms. The standard InChI is InChI=1S/C13H21N3O3/c1-8-10(5-12(19-8)13(18)15-14)7-16(2)6-9-3-11(17)4-9/h5,9,11,17H,3-4,6-7,14H2,1-2H3,(H,15,18). The molecule has 6 nitrogen and oxygen atoms in total. The number of hydrogen-bond acceptors (Lipinski definition) is 5. The maximum atomic E-state index is 11.4. The molecule has 0 aromatic carbocycles. The van der Waals surface area contributed by atoms with E-state index in [-0.39, 0.29) is 11.9 Å². The highest BCUT2D eigenvalue weighted by atomic mass is 16.4. The minimum absolute atomic E-state index is 0.117. The summed E-state index contributed by atoms with van der Waals surface area (Å²) in [4.78, 5) is 13.5. The number of carbonyl (C=O) groups is 1. The Bertz CT molecular complexity index is 452. The van der Waals surface area contributed by atoms with Crippen molar-refractivity contribution in [3.05, 3.63) is 23.2 Å². The number of rotatable bonds is 5. The fourth-order valence-corrected chi connectivity index (χ4v) is 2.51. The number of nitrogen functional groups attached to an aromatic ring is 1. The number of amides is 1. The van der Waals surface area contributed by atoms with E-state index in [9.17, 15) is 9.90 Å². The number of aryl methyl sites for hydroxylation is 1. The number of hydrogen-bond donors (Lipinski definition) is 3. The van der Waals surface area contributed by atoms with Gasteiger partial charge in [-0.3, -0.25) is 10.2 Å². The van der Waals surface area contributed by atoms with E-state index < -0.39 is 5.91 Å². The molecule has 4 N–H and O–H groups in total. The zero-order valence-corrected chi connectivity index (χ0v) is 11.3. The van der Waals surface area contributed by atoms with Crippen molar-refractivity contribution in [1.82, 2.24) is 10.3 Å². The van der Waals surface area contributed by atoms with Crippen molar-refractivity contribution in [2.75, 3.05) is 13.6 Å². The minimum atomic E-state index is -0.417. The predicted molar refractivity (Wildman–Crippen MR) is 70.2 cm³/mol. The Hall–Kier alpha value is -1.37. The molecule has 1 amide bonds. The van der Waals surface area contributed by atoms with Crippen LogP contribution in [0.15, 0.2) is 10.5 Å². The van der Waals surface area contributed by atoms with Gasteiger partial charge < -0.3 is 14.4 Å². The van der Waals surface area contributed by atoms with E-state index >= 15 is 0 Å². The Morgan fingerprint density at radius 2 is 2.32 bits per heavy atom. The summed E-state index contributed by atoms with van der Waals surface area (Å²) in [6.45, 7) is 3.50. The van der Waals surface area contributed by atoms with Crippen LogP contribution in [0.4, 0.5) is 0 Å². The molecule has 0 spiro atoms. The largest absolute Gasteiger partial charge is 0.456 e. The van der Waals surface area contributed by atoms with E-state index in [0.717, 1.165) is 37.3 Å². The van der Waals surface area contributed by atoms with Gasteiger partial charge in [0, 0.05) is 18.7 Å². The lowest BCUT2D eigenvalue weighted by Crippen LogP contribution is -2.36. The van der Waals surface area contributed by atoms with Crippen LogP contribution >= 0.6 is 0 Å². The topological polar surface area (TPSA) is 91.7 Å². The Morgan fingerprint density at radius 3 is 2.89 bits per heavy atom. The summed E-state index contributed by atoms with van der Waals surface area (Å²) in [6.07, 6.45) is 1.65. The highest BCUT2D eigenvalue weighted by molar-refractivity contribution is 5.91. The van der Waals surface area contributed by atoms with Crippen molar-refractivity contribution in [1.29, 1.82) is 0 Å². The Morgan fingerprint density at radius 1 is 1.63 bits per heavy atom. The molecule has 1 heterocycles. The average molecular weight is 267 g/mol. The first kappa shape index (κ1) is 14.0. The Labute approximate surface area is 112 Å². The van der Waals surface area contributed by atoms with Gasteiger partial charge in [0.25, 0.3) is 0 Å². The van der Waals surface area contributed by atoms with Gasteiger partial charge in [0.2, 0.25) is 0 Å². The quantitative estimate of drug-likeness (QED) is 0.408. The van der Waals surface area contributed by atoms with Crippen LogP contribution in [0.25, 0.3) is 0 Å². The number of aliphatic hydroxyl groups excluding tert-OH is 1. The van der Waals surface area contributed by atoms with Crippen molar-refractivity contribution in [2.24, 2.45) is 11.8 Å². The van der Waals surface area contributed by atoms with E-state index in [1.807, 2.05) is 14.0 Å². The Balaban J connectivity index is 1.91. The lowest BCUT2D eigenvalue weighted by molar-refractivity contribution is 0.0273. The van der Waals surface area contributed by atoms with E-state index in [4.69, 9.17) is 10.3 Å². The zero-order valence-electron chi connectivity index (χ0n) is 11.3. The number of furan rings is 1. The fourth-order valence-electron chi connectivity index (χ4n) is 2.51. The van der Waals surface area contributed by atoms with Crippen LogP contribution in [0, 0.1) is 12.8 Å². The van der Waals surface area contributed by atoms with Crippen molar-refractivity contribution >= 4 is 5.91 Å². The maximum Gasteiger partial charge on any atom is 0.300 e. The van der Waals surface area contributed by atoms with E-state index in [0.29, 0.717) is 5.92 Å². The molecule has 1 aliphatic rings. The second kappa shape index (κ2) is 5.73. The third-order valence-electron chi connectivity index (χ3n) is 3.60. The minimum Gasteiger partial charge on any atom is -0.456 e.